The number of hydrogen-bond acceptors (Lipinski definition) is 8. The lowest BCUT2D eigenvalue weighted by Crippen LogP contribution is -2.34. The molecule has 4 rings (SSSR count). The van der Waals surface area contributed by atoms with Gasteiger partial charge in [-0.15, -0.1) is 0 Å². The van der Waals surface area contributed by atoms with Gasteiger partial charge in [-0.05, 0) is 57.1 Å². The molecule has 168 valence electrons. The zero-order valence-electron chi connectivity index (χ0n) is 18.6. The Labute approximate surface area is 188 Å². The van der Waals surface area contributed by atoms with Crippen LogP contribution in [0.5, 0.6) is 17.2 Å². The third-order valence-electron chi connectivity index (χ3n) is 5.29. The van der Waals surface area contributed by atoms with E-state index in [1.54, 1.807) is 20.4 Å². The number of hydrogen-bond donors (Lipinski definition) is 3. The van der Waals surface area contributed by atoms with Crippen LogP contribution in [0.4, 0.5) is 23.1 Å². The summed E-state index contributed by atoms with van der Waals surface area (Å²) in [5.74, 6) is 3.47. The highest BCUT2D eigenvalue weighted by Crippen LogP contribution is 2.29. The lowest BCUT2D eigenvalue weighted by Gasteiger charge is -2.23. The van der Waals surface area contributed by atoms with Gasteiger partial charge in [0, 0.05) is 41.3 Å². The second kappa shape index (κ2) is 10.2. The van der Waals surface area contributed by atoms with Crippen LogP contribution in [0.1, 0.15) is 18.4 Å². The summed E-state index contributed by atoms with van der Waals surface area (Å²) in [5.41, 5.74) is 2.62. The molecule has 8 heteroatoms. The average molecular weight is 436 g/mol. The first-order valence-electron chi connectivity index (χ1n) is 10.7. The van der Waals surface area contributed by atoms with Crippen LogP contribution >= 0.6 is 0 Å². The van der Waals surface area contributed by atoms with Gasteiger partial charge in [0.15, 0.2) is 0 Å². The number of rotatable bonds is 8. The number of ether oxygens (including phenoxy) is 3. The number of piperidine rings is 1. The fourth-order valence-electron chi connectivity index (χ4n) is 3.50. The predicted molar refractivity (Wildman–Crippen MR) is 126 cm³/mol. The topological polar surface area (TPSA) is 89.6 Å². The van der Waals surface area contributed by atoms with Crippen LogP contribution < -0.4 is 30.2 Å². The van der Waals surface area contributed by atoms with Gasteiger partial charge in [-0.25, -0.2) is 4.98 Å². The van der Waals surface area contributed by atoms with Gasteiger partial charge in [-0.2, -0.15) is 4.98 Å². The van der Waals surface area contributed by atoms with E-state index in [-0.39, 0.29) is 6.10 Å². The molecule has 0 amide bonds. The highest BCUT2D eigenvalue weighted by molar-refractivity contribution is 5.65. The first-order valence-corrected chi connectivity index (χ1v) is 10.7. The zero-order valence-corrected chi connectivity index (χ0v) is 18.6. The van der Waals surface area contributed by atoms with Crippen LogP contribution in [0.15, 0.2) is 48.7 Å². The van der Waals surface area contributed by atoms with Gasteiger partial charge in [0.05, 0.1) is 14.2 Å². The van der Waals surface area contributed by atoms with Crippen LogP contribution in [0.2, 0.25) is 0 Å². The Hall–Kier alpha value is -3.52. The van der Waals surface area contributed by atoms with Crippen molar-refractivity contribution in [3.8, 4) is 17.2 Å². The van der Waals surface area contributed by atoms with Crippen molar-refractivity contribution in [2.75, 3.05) is 37.9 Å². The molecule has 1 aliphatic heterocycles. The molecule has 2 aromatic carbocycles. The third-order valence-corrected chi connectivity index (χ3v) is 5.29. The van der Waals surface area contributed by atoms with E-state index in [4.69, 9.17) is 14.2 Å². The molecule has 1 aliphatic rings. The molecule has 0 aliphatic carbocycles. The normalized spacial score (nSPS) is 14.0. The van der Waals surface area contributed by atoms with E-state index in [2.05, 4.69) is 25.9 Å². The summed E-state index contributed by atoms with van der Waals surface area (Å²) in [7, 11) is 3.25. The lowest BCUT2D eigenvalue weighted by molar-refractivity contribution is 0.162. The molecule has 0 spiro atoms. The number of nitrogens with one attached hydrogen (secondary N) is 3. The molecule has 2 heterocycles. The molecule has 0 unspecified atom stereocenters. The number of methoxy groups -OCH3 is 2. The lowest BCUT2D eigenvalue weighted by atomic mass is 10.1. The fourth-order valence-corrected chi connectivity index (χ4v) is 3.50. The van der Waals surface area contributed by atoms with Gasteiger partial charge in [-0.1, -0.05) is 0 Å². The first kappa shape index (κ1) is 21.7. The van der Waals surface area contributed by atoms with Gasteiger partial charge in [0.1, 0.15) is 29.2 Å². The van der Waals surface area contributed by atoms with Crippen molar-refractivity contribution in [3.63, 3.8) is 0 Å². The van der Waals surface area contributed by atoms with Crippen molar-refractivity contribution in [1.29, 1.82) is 0 Å². The Morgan fingerprint density at radius 3 is 2.22 bits per heavy atom. The highest BCUT2D eigenvalue weighted by atomic mass is 16.5. The minimum Gasteiger partial charge on any atom is -0.497 e. The number of anilines is 4. The summed E-state index contributed by atoms with van der Waals surface area (Å²) in [5, 5.41) is 9.93. The second-order valence-electron chi connectivity index (χ2n) is 7.67. The largest absolute Gasteiger partial charge is 0.497 e. The van der Waals surface area contributed by atoms with Crippen LogP contribution in [0, 0.1) is 6.92 Å². The second-order valence-corrected chi connectivity index (χ2v) is 7.67. The maximum Gasteiger partial charge on any atom is 0.229 e. The maximum absolute atomic E-state index is 6.07. The molecule has 0 radical (unpaired) electrons. The average Bonchev–Trinajstić information content (AvgIpc) is 2.83. The summed E-state index contributed by atoms with van der Waals surface area (Å²) >= 11 is 0. The molecule has 1 saturated heterocycles. The Kier molecular flexibility index (Phi) is 6.91. The van der Waals surface area contributed by atoms with E-state index >= 15 is 0 Å². The smallest absolute Gasteiger partial charge is 0.229 e. The first-order chi connectivity index (χ1) is 15.6. The Balaban J connectivity index is 1.44. The van der Waals surface area contributed by atoms with Crippen LogP contribution in [0.3, 0.4) is 0 Å². The molecule has 8 nitrogen and oxygen atoms in total. The number of aryl methyl sites for hydroxylation is 1. The van der Waals surface area contributed by atoms with Gasteiger partial charge in [0.25, 0.3) is 0 Å². The summed E-state index contributed by atoms with van der Waals surface area (Å²) in [4.78, 5) is 9.05. The van der Waals surface area contributed by atoms with Crippen molar-refractivity contribution in [2.45, 2.75) is 25.9 Å². The summed E-state index contributed by atoms with van der Waals surface area (Å²) in [6.45, 7) is 3.97. The Morgan fingerprint density at radius 2 is 1.56 bits per heavy atom. The van der Waals surface area contributed by atoms with Gasteiger partial charge in [0.2, 0.25) is 5.95 Å². The van der Waals surface area contributed by atoms with Crippen molar-refractivity contribution in [3.05, 3.63) is 54.2 Å². The van der Waals surface area contributed by atoms with Crippen LogP contribution in [0.25, 0.3) is 0 Å². The number of nitrogens with zero attached hydrogens (tertiary/aromatic N) is 2. The van der Waals surface area contributed by atoms with E-state index < -0.39 is 0 Å². The molecule has 3 N–H and O–H groups in total. The molecule has 1 aromatic heterocycles. The molecule has 0 atom stereocenters. The molecular formula is C24H29N5O3. The molecular weight excluding hydrogens is 406 g/mol. The SMILES string of the molecule is COc1cc(Nc2nc(Nc3ccc(OC4CCNCC4)cc3)ncc2C)cc(OC)c1. The minimum atomic E-state index is 0.277. The van der Waals surface area contributed by atoms with E-state index in [9.17, 15) is 0 Å². The predicted octanol–water partition coefficient (Wildman–Crippen LogP) is 4.42. The van der Waals surface area contributed by atoms with Crippen molar-refractivity contribution in [1.82, 2.24) is 15.3 Å². The molecule has 3 aromatic rings. The van der Waals surface area contributed by atoms with E-state index in [0.29, 0.717) is 23.3 Å². The van der Waals surface area contributed by atoms with Gasteiger partial charge in [-0.3, -0.25) is 0 Å². The highest BCUT2D eigenvalue weighted by Gasteiger charge is 2.14. The Morgan fingerprint density at radius 1 is 0.875 bits per heavy atom. The van der Waals surface area contributed by atoms with E-state index in [1.165, 1.54) is 0 Å². The standard InChI is InChI=1S/C24H29N5O3/c1-16-15-26-24(29-23(16)27-18-12-21(30-2)14-22(13-18)31-3)28-17-4-6-19(7-5-17)32-20-8-10-25-11-9-20/h4-7,12-15,20,25H,8-11H2,1-3H3,(H2,26,27,28,29). The molecule has 1 fully saturated rings. The molecule has 32 heavy (non-hydrogen) atoms. The van der Waals surface area contributed by atoms with Crippen molar-refractivity contribution < 1.29 is 14.2 Å². The minimum absolute atomic E-state index is 0.277. The Bertz CT molecular complexity index is 1010. The monoisotopic (exact) mass is 435 g/mol. The van der Waals surface area contributed by atoms with Gasteiger partial charge >= 0.3 is 0 Å². The summed E-state index contributed by atoms with van der Waals surface area (Å²) < 4.78 is 16.8. The van der Waals surface area contributed by atoms with Crippen molar-refractivity contribution >= 4 is 23.1 Å². The van der Waals surface area contributed by atoms with E-state index in [0.717, 1.165) is 48.6 Å². The summed E-state index contributed by atoms with van der Waals surface area (Å²) in [6, 6.07) is 13.5. The van der Waals surface area contributed by atoms with Crippen LogP contribution in [-0.2, 0) is 0 Å². The maximum atomic E-state index is 6.07. The van der Waals surface area contributed by atoms with Crippen molar-refractivity contribution in [2.24, 2.45) is 0 Å². The summed E-state index contributed by atoms with van der Waals surface area (Å²) in [6.07, 6.45) is 4.13. The quantitative estimate of drug-likeness (QED) is 0.479. The zero-order chi connectivity index (χ0) is 22.3. The molecule has 0 bridgehead atoms. The number of benzene rings is 2. The fraction of sp³-hybridized carbons (Fsp3) is 0.333. The van der Waals surface area contributed by atoms with E-state index in [1.807, 2.05) is 49.4 Å². The number of aromatic nitrogens is 2. The van der Waals surface area contributed by atoms with Crippen LogP contribution in [-0.4, -0.2) is 43.4 Å². The third kappa shape index (κ3) is 5.59. The van der Waals surface area contributed by atoms with Gasteiger partial charge < -0.3 is 30.2 Å². The molecule has 0 saturated carbocycles.